The predicted molar refractivity (Wildman–Crippen MR) is 68.9 cm³/mol. The Kier molecular flexibility index (Phi) is 7.57. The number of carbonyl (C=O) groups is 1. The third-order valence-electron chi connectivity index (χ3n) is 4.03. The molecule has 0 saturated carbocycles. The van der Waals surface area contributed by atoms with Crippen LogP contribution in [-0.2, 0) is 4.79 Å². The van der Waals surface area contributed by atoms with Gasteiger partial charge < -0.3 is 9.90 Å². The molecule has 0 aromatic rings. The van der Waals surface area contributed by atoms with E-state index in [0.29, 0.717) is 0 Å². The Bertz CT molecular complexity index is 781. The summed E-state index contributed by atoms with van der Waals surface area (Å²) in [5, 5.41) is 10.2. The summed E-state index contributed by atoms with van der Waals surface area (Å²) in [6.45, 7) is -0.769. The normalized spacial score (nSPS) is 17.2. The van der Waals surface area contributed by atoms with Gasteiger partial charge in [0.25, 0.3) is 0 Å². The molecule has 33 heavy (non-hydrogen) atoms. The fraction of sp³-hybridized carbons (Fsp3) is 0.786. The average Bonchev–Trinajstić information content (AvgIpc) is 2.59. The Morgan fingerprint density at radius 1 is 0.636 bits per heavy atom. The summed E-state index contributed by atoms with van der Waals surface area (Å²) in [6, 6.07) is 0. The van der Waals surface area contributed by atoms with Gasteiger partial charge in [-0.2, -0.15) is 70.2 Å². The predicted octanol–water partition coefficient (Wildman–Crippen LogP) is 5.12. The lowest BCUT2D eigenvalue weighted by Crippen LogP contribution is -2.75. The minimum Gasteiger partial charge on any atom is -0.545 e. The van der Waals surface area contributed by atoms with E-state index < -0.39 is 78.1 Å². The summed E-state index contributed by atoms with van der Waals surface area (Å²) >= 11 is 0. The molecule has 0 heterocycles. The third-order valence-corrected chi connectivity index (χ3v) is 4.03. The second kappa shape index (κ2) is 8.06. The van der Waals surface area contributed by atoms with Crippen molar-refractivity contribution >= 4 is 5.97 Å². The number of carboxylic acids is 1. The highest BCUT2D eigenvalue weighted by Crippen LogP contribution is 2.64. The molecule has 0 aliphatic carbocycles. The first-order chi connectivity index (χ1) is 14.0. The molecule has 0 N–H and O–H groups in total. The minimum absolute atomic E-state index is 0.0842. The quantitative estimate of drug-likeness (QED) is 0.290. The second-order valence-corrected chi connectivity index (χ2v) is 6.42. The fourth-order valence-electron chi connectivity index (χ4n) is 1.88. The average molecular weight is 531 g/mol. The Morgan fingerprint density at radius 2 is 0.909 bits per heavy atom. The number of carboxylic acid groups (broad SMARTS) is 1. The molecule has 196 valence electrons. The molecule has 19 heteroatoms. The van der Waals surface area contributed by atoms with E-state index in [1.807, 2.05) is 0 Å². The molecule has 0 aliphatic heterocycles. The SMILES string of the molecule is C/C(=C\C(F)(F)C(F)(F)C(F)(F)C(F)(F)C(F)(F)C(F)(F)C(F)(F)C(F)(F)C(C)F)C(=O)[O-]. The van der Waals surface area contributed by atoms with Crippen LogP contribution in [0.15, 0.2) is 11.6 Å². The monoisotopic (exact) mass is 531 g/mol. The van der Waals surface area contributed by atoms with E-state index in [4.69, 9.17) is 0 Å². The van der Waals surface area contributed by atoms with Gasteiger partial charge in [0.05, 0.1) is 5.97 Å². The molecule has 0 fully saturated rings. The lowest BCUT2D eigenvalue weighted by molar-refractivity contribution is -0.452. The molecular weight excluding hydrogens is 523 g/mol. The van der Waals surface area contributed by atoms with Crippen molar-refractivity contribution in [3.63, 3.8) is 0 Å². The second-order valence-electron chi connectivity index (χ2n) is 6.42. The number of aliphatic carboxylic acids is 1. The molecular formula is C14H8F17O2-. The van der Waals surface area contributed by atoms with Crippen molar-refractivity contribution in [1.29, 1.82) is 0 Å². The van der Waals surface area contributed by atoms with E-state index in [1.54, 1.807) is 0 Å². The maximum atomic E-state index is 13.5. The first-order valence-electron chi connectivity index (χ1n) is 7.59. The van der Waals surface area contributed by atoms with Gasteiger partial charge >= 0.3 is 47.4 Å². The number of alkyl halides is 17. The first kappa shape index (κ1) is 31.0. The number of hydrogen-bond acceptors (Lipinski definition) is 2. The van der Waals surface area contributed by atoms with Crippen LogP contribution in [0.4, 0.5) is 74.6 Å². The Morgan fingerprint density at radius 3 is 1.18 bits per heavy atom. The van der Waals surface area contributed by atoms with Crippen LogP contribution in [0.3, 0.4) is 0 Å². The van der Waals surface area contributed by atoms with Crippen molar-refractivity contribution in [2.75, 3.05) is 0 Å². The molecule has 2 nitrogen and oxygen atoms in total. The van der Waals surface area contributed by atoms with Crippen molar-refractivity contribution in [1.82, 2.24) is 0 Å². The molecule has 0 spiro atoms. The van der Waals surface area contributed by atoms with Gasteiger partial charge in [-0.3, -0.25) is 0 Å². The minimum atomic E-state index is -8.67. The summed E-state index contributed by atoms with van der Waals surface area (Å²) in [7, 11) is 0. The smallest absolute Gasteiger partial charge is 0.385 e. The van der Waals surface area contributed by atoms with Gasteiger partial charge in [-0.15, -0.1) is 0 Å². The summed E-state index contributed by atoms with van der Waals surface area (Å²) in [4.78, 5) is 10.2. The molecule has 1 unspecified atom stereocenters. The van der Waals surface area contributed by atoms with Crippen LogP contribution in [0.5, 0.6) is 0 Å². The number of hydrogen-bond donors (Lipinski definition) is 0. The Labute approximate surface area is 171 Å². The molecule has 0 aromatic carbocycles. The first-order valence-corrected chi connectivity index (χ1v) is 7.59. The lowest BCUT2D eigenvalue weighted by Gasteiger charge is -2.43. The Hall–Kier alpha value is -1.98. The van der Waals surface area contributed by atoms with Crippen molar-refractivity contribution in [3.8, 4) is 0 Å². The Balaban J connectivity index is 6.93. The van der Waals surface area contributed by atoms with Gasteiger partial charge in [0.1, 0.15) is 0 Å². The van der Waals surface area contributed by atoms with Crippen LogP contribution in [0.25, 0.3) is 0 Å². The van der Waals surface area contributed by atoms with Crippen LogP contribution >= 0.6 is 0 Å². The number of rotatable bonds is 10. The van der Waals surface area contributed by atoms with Crippen LogP contribution in [-0.4, -0.2) is 59.5 Å². The van der Waals surface area contributed by atoms with Gasteiger partial charge in [-0.25, -0.2) is 4.39 Å². The molecule has 0 aromatic heterocycles. The zero-order chi connectivity index (χ0) is 27.4. The number of carbonyl (C=O) groups excluding carboxylic acids is 1. The van der Waals surface area contributed by atoms with Gasteiger partial charge in [-0.1, -0.05) is 0 Å². The van der Waals surface area contributed by atoms with Crippen LogP contribution in [0.2, 0.25) is 0 Å². The number of allylic oxidation sites excluding steroid dienone is 1. The maximum absolute atomic E-state index is 13.5. The number of halogens is 17. The summed E-state index contributed by atoms with van der Waals surface area (Å²) in [6.07, 6.45) is -6.28. The van der Waals surface area contributed by atoms with E-state index in [-0.39, 0.29) is 6.92 Å². The van der Waals surface area contributed by atoms with E-state index >= 15 is 0 Å². The maximum Gasteiger partial charge on any atom is 0.385 e. The van der Waals surface area contributed by atoms with Gasteiger partial charge in [0.15, 0.2) is 6.17 Å². The van der Waals surface area contributed by atoms with Crippen molar-refractivity contribution in [2.24, 2.45) is 0 Å². The van der Waals surface area contributed by atoms with Crippen molar-refractivity contribution in [3.05, 3.63) is 11.6 Å². The van der Waals surface area contributed by atoms with Crippen molar-refractivity contribution in [2.45, 2.75) is 67.4 Å². The highest BCUT2D eigenvalue weighted by Gasteiger charge is 2.94. The zero-order valence-corrected chi connectivity index (χ0v) is 15.4. The van der Waals surface area contributed by atoms with E-state index in [2.05, 4.69) is 0 Å². The molecule has 0 radical (unpaired) electrons. The highest BCUT2D eigenvalue weighted by atomic mass is 19.4. The van der Waals surface area contributed by atoms with Gasteiger partial charge in [0, 0.05) is 0 Å². The lowest BCUT2D eigenvalue weighted by atomic mass is 9.86. The van der Waals surface area contributed by atoms with Crippen LogP contribution < -0.4 is 5.11 Å². The largest absolute Gasteiger partial charge is 0.545 e. The molecule has 0 bridgehead atoms. The van der Waals surface area contributed by atoms with E-state index in [9.17, 15) is 84.5 Å². The molecule has 0 saturated heterocycles. The van der Waals surface area contributed by atoms with Crippen LogP contribution in [0.1, 0.15) is 13.8 Å². The molecule has 0 aliphatic rings. The topological polar surface area (TPSA) is 40.1 Å². The summed E-state index contributed by atoms with van der Waals surface area (Å²) in [5.41, 5.74) is -2.10. The zero-order valence-electron chi connectivity index (χ0n) is 15.4. The van der Waals surface area contributed by atoms with E-state index in [1.165, 1.54) is 0 Å². The third kappa shape index (κ3) is 4.08. The van der Waals surface area contributed by atoms with Crippen molar-refractivity contribution < 1.29 is 84.5 Å². The van der Waals surface area contributed by atoms with Crippen LogP contribution in [0, 0.1) is 0 Å². The highest BCUT2D eigenvalue weighted by molar-refractivity contribution is 5.84. The van der Waals surface area contributed by atoms with Gasteiger partial charge in [0.2, 0.25) is 0 Å². The van der Waals surface area contributed by atoms with E-state index in [0.717, 1.165) is 0 Å². The molecule has 1 atom stereocenters. The molecule has 0 amide bonds. The molecule has 0 rings (SSSR count). The fourth-order valence-corrected chi connectivity index (χ4v) is 1.88. The summed E-state index contributed by atoms with van der Waals surface area (Å²) in [5.74, 6) is -66.9. The standard InChI is InChI=1S/C14H9F17O2/c1-4(6(32)33)3-7(16,17)9(20,21)11(24,25)13(28,29)14(30,31)12(26,27)10(22,23)8(18,19)5(2)15/h3,5H,1-2H3,(H,32,33)/p-1/b4-3+. The summed E-state index contributed by atoms with van der Waals surface area (Å²) < 4.78 is 226. The van der Waals surface area contributed by atoms with Gasteiger partial charge in [-0.05, 0) is 25.5 Å².